The van der Waals surface area contributed by atoms with E-state index in [0.29, 0.717) is 49.9 Å². The zero-order chi connectivity index (χ0) is 23.5. The first-order valence-electron chi connectivity index (χ1n) is 10.8. The molecule has 1 aliphatic heterocycles. The van der Waals surface area contributed by atoms with Crippen molar-refractivity contribution in [2.45, 2.75) is 45.4 Å². The molecule has 0 atom stereocenters. The first kappa shape index (κ1) is 24.1. The van der Waals surface area contributed by atoms with Crippen LogP contribution in [0.1, 0.15) is 26.3 Å². The van der Waals surface area contributed by atoms with Gasteiger partial charge in [-0.15, -0.1) is 0 Å². The normalized spacial score (nSPS) is 15.5. The molecule has 6 nitrogen and oxygen atoms in total. The molecule has 32 heavy (non-hydrogen) atoms. The summed E-state index contributed by atoms with van der Waals surface area (Å²) in [4.78, 5) is 20.8. The molecule has 9 heteroatoms. The lowest BCUT2D eigenvalue weighted by Crippen LogP contribution is -2.49. The van der Waals surface area contributed by atoms with Gasteiger partial charge in [0.25, 0.3) is 8.32 Å². The summed E-state index contributed by atoms with van der Waals surface area (Å²) in [6.07, 6.45) is 1.65. The lowest BCUT2D eigenvalue weighted by Gasteiger charge is -2.36. The molecular formula is C23H32F2N4O2Si. The second-order valence-corrected chi connectivity index (χ2v) is 14.4. The molecule has 1 fully saturated rings. The Morgan fingerprint density at radius 2 is 1.78 bits per heavy atom. The molecule has 1 aromatic carbocycles. The van der Waals surface area contributed by atoms with Crippen LogP contribution in [0.15, 0.2) is 36.5 Å². The van der Waals surface area contributed by atoms with Gasteiger partial charge in [-0.1, -0.05) is 26.8 Å². The Balaban J connectivity index is 1.49. The van der Waals surface area contributed by atoms with Crippen LogP contribution < -0.4 is 9.74 Å². The number of aromatic nitrogens is 1. The number of hydrogen-bond acceptors (Lipinski definition) is 4. The third kappa shape index (κ3) is 6.04. The highest BCUT2D eigenvalue weighted by Crippen LogP contribution is 2.37. The van der Waals surface area contributed by atoms with Gasteiger partial charge in [0.15, 0.2) is 11.6 Å². The summed E-state index contributed by atoms with van der Waals surface area (Å²) in [5, 5.41) is 2.92. The number of halogens is 2. The number of nitrogens with one attached hydrogen (secondary N) is 1. The van der Waals surface area contributed by atoms with Crippen LogP contribution in [0.4, 0.5) is 19.4 Å². The van der Waals surface area contributed by atoms with Crippen molar-refractivity contribution in [3.05, 3.63) is 53.7 Å². The number of urea groups is 1. The SMILES string of the molecule is CC(C)(C)[Si](C)(C)Oc1ccc(NC(=O)N2CCN(Cc3ccc(F)c(F)c3)CC2)nc1. The molecule has 1 saturated heterocycles. The van der Waals surface area contributed by atoms with E-state index >= 15 is 0 Å². The minimum atomic E-state index is -1.94. The number of carbonyl (C=O) groups excluding carboxylic acids is 1. The van der Waals surface area contributed by atoms with Gasteiger partial charge in [0.1, 0.15) is 11.6 Å². The van der Waals surface area contributed by atoms with Gasteiger partial charge in [0.05, 0.1) is 6.20 Å². The van der Waals surface area contributed by atoms with Crippen LogP contribution >= 0.6 is 0 Å². The number of rotatable bonds is 5. The van der Waals surface area contributed by atoms with Gasteiger partial charge in [-0.05, 0) is 48.0 Å². The van der Waals surface area contributed by atoms with E-state index in [0.717, 1.165) is 6.07 Å². The summed E-state index contributed by atoms with van der Waals surface area (Å²) in [6, 6.07) is 7.33. The maximum Gasteiger partial charge on any atom is 0.323 e. The van der Waals surface area contributed by atoms with Crippen LogP contribution in [0, 0.1) is 11.6 Å². The number of piperazine rings is 1. The number of benzene rings is 1. The van der Waals surface area contributed by atoms with Gasteiger partial charge >= 0.3 is 6.03 Å². The van der Waals surface area contributed by atoms with Gasteiger partial charge in [0.2, 0.25) is 0 Å². The van der Waals surface area contributed by atoms with Crippen LogP contribution in [-0.4, -0.2) is 55.3 Å². The standard InChI is InChI=1S/C23H32F2N4O2Si/c1-23(2,3)32(4,5)31-18-7-9-21(26-15-18)27-22(30)29-12-10-28(11-13-29)16-17-6-8-19(24)20(25)14-17/h6-9,14-15H,10-13,16H2,1-5H3,(H,26,27,30). The lowest BCUT2D eigenvalue weighted by molar-refractivity contribution is 0.143. The zero-order valence-corrected chi connectivity index (χ0v) is 20.4. The zero-order valence-electron chi connectivity index (χ0n) is 19.4. The summed E-state index contributed by atoms with van der Waals surface area (Å²) < 4.78 is 32.7. The molecular weight excluding hydrogens is 430 g/mol. The van der Waals surface area contributed by atoms with E-state index in [1.807, 2.05) is 6.07 Å². The van der Waals surface area contributed by atoms with Crippen LogP contribution in [0.3, 0.4) is 0 Å². The predicted molar refractivity (Wildman–Crippen MR) is 124 cm³/mol. The third-order valence-electron chi connectivity index (χ3n) is 6.20. The lowest BCUT2D eigenvalue weighted by atomic mass is 10.2. The number of hydrogen-bond donors (Lipinski definition) is 1. The van der Waals surface area contributed by atoms with Crippen molar-refractivity contribution >= 4 is 20.2 Å². The monoisotopic (exact) mass is 462 g/mol. The molecule has 0 radical (unpaired) electrons. The fraction of sp³-hybridized carbons (Fsp3) is 0.478. The summed E-state index contributed by atoms with van der Waals surface area (Å²) >= 11 is 0. The van der Waals surface area contributed by atoms with E-state index < -0.39 is 20.0 Å². The molecule has 2 heterocycles. The minimum absolute atomic E-state index is 0.0902. The van der Waals surface area contributed by atoms with E-state index in [9.17, 15) is 13.6 Å². The second-order valence-electron chi connectivity index (χ2n) is 9.68. The molecule has 2 aromatic rings. The van der Waals surface area contributed by atoms with Crippen molar-refractivity contribution in [2.24, 2.45) is 0 Å². The van der Waals surface area contributed by atoms with Crippen molar-refractivity contribution in [3.8, 4) is 5.75 Å². The van der Waals surface area contributed by atoms with Crippen molar-refractivity contribution in [3.63, 3.8) is 0 Å². The Labute approximate surface area is 189 Å². The first-order chi connectivity index (χ1) is 14.9. The third-order valence-corrected chi connectivity index (χ3v) is 10.6. The Bertz CT molecular complexity index is 940. The average Bonchev–Trinajstić information content (AvgIpc) is 2.72. The molecule has 0 saturated carbocycles. The molecule has 1 aliphatic rings. The molecule has 2 amide bonds. The minimum Gasteiger partial charge on any atom is -0.542 e. The Kier molecular flexibility index (Phi) is 7.19. The summed E-state index contributed by atoms with van der Waals surface area (Å²) in [7, 11) is -1.94. The van der Waals surface area contributed by atoms with Crippen molar-refractivity contribution in [1.82, 2.24) is 14.8 Å². The van der Waals surface area contributed by atoms with E-state index in [2.05, 4.69) is 49.1 Å². The highest BCUT2D eigenvalue weighted by Gasteiger charge is 2.39. The quantitative estimate of drug-likeness (QED) is 0.629. The van der Waals surface area contributed by atoms with Gasteiger partial charge in [-0.3, -0.25) is 10.2 Å². The van der Waals surface area contributed by atoms with Gasteiger partial charge in [0, 0.05) is 32.7 Å². The molecule has 174 valence electrons. The van der Waals surface area contributed by atoms with E-state index in [-0.39, 0.29) is 11.1 Å². The number of pyridine rings is 1. The Morgan fingerprint density at radius 3 is 2.34 bits per heavy atom. The highest BCUT2D eigenvalue weighted by atomic mass is 28.4. The summed E-state index contributed by atoms with van der Waals surface area (Å²) in [6.45, 7) is 13.8. The van der Waals surface area contributed by atoms with Crippen molar-refractivity contribution < 1.29 is 18.0 Å². The fourth-order valence-electron chi connectivity index (χ4n) is 3.16. The van der Waals surface area contributed by atoms with Gasteiger partial charge < -0.3 is 9.33 Å². The number of carbonyl (C=O) groups is 1. The van der Waals surface area contributed by atoms with E-state index in [1.54, 1.807) is 23.2 Å². The van der Waals surface area contributed by atoms with Crippen LogP contribution in [0.2, 0.25) is 18.1 Å². The molecule has 3 rings (SSSR count). The van der Waals surface area contributed by atoms with Crippen LogP contribution in [0.5, 0.6) is 5.75 Å². The molecule has 0 bridgehead atoms. The van der Waals surface area contributed by atoms with Gasteiger partial charge in [-0.25, -0.2) is 18.6 Å². The van der Waals surface area contributed by atoms with E-state index in [4.69, 9.17) is 4.43 Å². The fourth-order valence-corrected chi connectivity index (χ4v) is 4.17. The maximum atomic E-state index is 13.4. The second kappa shape index (κ2) is 9.54. The molecule has 0 spiro atoms. The van der Waals surface area contributed by atoms with Crippen LogP contribution in [-0.2, 0) is 6.54 Å². The van der Waals surface area contributed by atoms with E-state index in [1.165, 1.54) is 6.07 Å². The predicted octanol–water partition coefficient (Wildman–Crippen LogP) is 5.09. The number of nitrogens with zero attached hydrogens (tertiary/aromatic N) is 3. The smallest absolute Gasteiger partial charge is 0.323 e. The molecule has 1 N–H and O–H groups in total. The maximum absolute atomic E-state index is 13.4. The molecule has 0 unspecified atom stereocenters. The molecule has 1 aromatic heterocycles. The van der Waals surface area contributed by atoms with Crippen molar-refractivity contribution in [2.75, 3.05) is 31.5 Å². The highest BCUT2D eigenvalue weighted by molar-refractivity contribution is 6.74. The van der Waals surface area contributed by atoms with Crippen LogP contribution in [0.25, 0.3) is 0 Å². The first-order valence-corrected chi connectivity index (χ1v) is 13.7. The Morgan fingerprint density at radius 1 is 1.09 bits per heavy atom. The Hall–Kier alpha value is -2.52. The summed E-state index contributed by atoms with van der Waals surface area (Å²) in [5.41, 5.74) is 0.714. The van der Waals surface area contributed by atoms with Crippen molar-refractivity contribution in [1.29, 1.82) is 0 Å². The largest absolute Gasteiger partial charge is 0.542 e. The average molecular weight is 463 g/mol. The number of anilines is 1. The number of amides is 2. The topological polar surface area (TPSA) is 57.7 Å². The summed E-state index contributed by atoms with van der Waals surface area (Å²) in [5.74, 6) is -0.501. The molecule has 0 aliphatic carbocycles. The van der Waals surface area contributed by atoms with Gasteiger partial charge in [-0.2, -0.15) is 0 Å².